The zero-order valence-corrected chi connectivity index (χ0v) is 17.8. The maximum Gasteiger partial charge on any atom is 0.208 e. The zero-order chi connectivity index (χ0) is 20.7. The molecular weight excluding hydrogens is 390 g/mol. The molecule has 3 saturated carbocycles. The van der Waals surface area contributed by atoms with Crippen molar-refractivity contribution in [2.75, 3.05) is 6.61 Å². The normalized spacial score (nSPS) is 51.6. The number of fused-ring (bicyclic) bond motifs is 3. The number of rotatable bonds is 0. The first-order chi connectivity index (χ1) is 13.5. The second-order valence-electron chi connectivity index (χ2n) is 10.5. The van der Waals surface area contributed by atoms with Crippen molar-refractivity contribution >= 4 is 17.1 Å². The molecule has 3 heterocycles. The van der Waals surface area contributed by atoms with Gasteiger partial charge in [0.1, 0.15) is 11.5 Å². The number of carbonyl (C=O) groups excluding carboxylic acids is 1. The molecule has 2 aliphatic heterocycles. The van der Waals surface area contributed by atoms with Gasteiger partial charge in [0.05, 0.1) is 23.4 Å². The summed E-state index contributed by atoms with van der Waals surface area (Å²) in [5.41, 5.74) is -1.34. The molecular formula is C22H27NO5S. The maximum atomic E-state index is 13.6. The molecule has 1 aromatic heterocycles. The predicted octanol–water partition coefficient (Wildman–Crippen LogP) is 1.49. The second-order valence-corrected chi connectivity index (χ2v) is 11.8. The molecule has 7 rings (SSSR count). The molecule has 8 atom stereocenters. The Morgan fingerprint density at radius 3 is 2.69 bits per heavy atom. The molecule has 5 fully saturated rings. The average Bonchev–Trinajstić information content (AvgIpc) is 3.05. The van der Waals surface area contributed by atoms with Gasteiger partial charge in [0.25, 0.3) is 0 Å². The van der Waals surface area contributed by atoms with Crippen LogP contribution in [0.4, 0.5) is 0 Å². The van der Waals surface area contributed by atoms with Crippen LogP contribution >= 0.6 is 11.3 Å². The highest BCUT2D eigenvalue weighted by atomic mass is 32.1. The fraction of sp³-hybridized carbons (Fsp3) is 0.727. The van der Waals surface area contributed by atoms with E-state index in [2.05, 4.69) is 20.4 Å². The van der Waals surface area contributed by atoms with E-state index >= 15 is 0 Å². The number of thiazole rings is 1. The average molecular weight is 418 g/mol. The summed E-state index contributed by atoms with van der Waals surface area (Å²) in [5.74, 6) is -3.50. The minimum atomic E-state index is -2.11. The van der Waals surface area contributed by atoms with Gasteiger partial charge >= 0.3 is 0 Å². The van der Waals surface area contributed by atoms with Crippen LogP contribution in [0.15, 0.2) is 12.2 Å². The largest absolute Gasteiger partial charge is 0.391 e. The highest BCUT2D eigenvalue weighted by molar-refractivity contribution is 7.11. The highest BCUT2D eigenvalue weighted by Crippen LogP contribution is 2.75. The lowest BCUT2D eigenvalue weighted by Gasteiger charge is -2.73. The van der Waals surface area contributed by atoms with E-state index in [-0.39, 0.29) is 35.6 Å². The number of hydrogen-bond acceptors (Lipinski definition) is 7. The third kappa shape index (κ3) is 1.64. The summed E-state index contributed by atoms with van der Waals surface area (Å²) < 4.78 is 6.02. The molecule has 7 heteroatoms. The van der Waals surface area contributed by atoms with E-state index < -0.39 is 28.8 Å². The SMILES string of the molecule is C=C1C(=O)[C@@]23C(CCC1[C@H]2O)[C@@]12CO[C@]3(O)[C@@H](O)C1C(C)(C)Cc1sc(C)nc12. The van der Waals surface area contributed by atoms with Crippen LogP contribution in [0.1, 0.15) is 42.3 Å². The van der Waals surface area contributed by atoms with Crippen molar-refractivity contribution in [3.63, 3.8) is 0 Å². The predicted molar refractivity (Wildman–Crippen MR) is 105 cm³/mol. The van der Waals surface area contributed by atoms with Crippen LogP contribution in [-0.2, 0) is 21.4 Å². The van der Waals surface area contributed by atoms with Gasteiger partial charge in [-0.05, 0) is 43.1 Å². The second kappa shape index (κ2) is 5.02. The van der Waals surface area contributed by atoms with E-state index in [1.807, 2.05) is 6.92 Å². The first-order valence-electron chi connectivity index (χ1n) is 10.5. The van der Waals surface area contributed by atoms with Crippen LogP contribution in [-0.4, -0.2) is 50.7 Å². The number of ketones is 1. The van der Waals surface area contributed by atoms with Crippen LogP contribution in [0, 0.1) is 35.5 Å². The van der Waals surface area contributed by atoms with E-state index in [0.29, 0.717) is 18.4 Å². The standard InChI is InChI=1S/C22H27NO5S/c1-9-11-5-6-13-20-8-28-22(27,21(13,16(9)24)17(11)25)18(26)14(20)19(3,4)7-12-15(20)23-10(2)29-12/h11,13-14,17-18,25-27H,1,5-8H2,2-4H3/t11?,13?,14?,17-,18+,20+,21+,22-/m1/s1. The first kappa shape index (κ1) is 18.6. The quantitative estimate of drug-likeness (QED) is 0.553. The van der Waals surface area contributed by atoms with Gasteiger partial charge < -0.3 is 20.1 Å². The number of ether oxygens (including phenoxy) is 1. The summed E-state index contributed by atoms with van der Waals surface area (Å²) in [6.07, 6.45) is -0.308. The molecule has 1 aromatic rings. The summed E-state index contributed by atoms with van der Waals surface area (Å²) in [6.45, 7) is 10.4. The van der Waals surface area contributed by atoms with Crippen molar-refractivity contribution in [1.29, 1.82) is 0 Å². The summed E-state index contributed by atoms with van der Waals surface area (Å²) in [6, 6.07) is 0. The number of aliphatic hydroxyl groups excluding tert-OH is 2. The Hall–Kier alpha value is -1.12. The Morgan fingerprint density at radius 2 is 1.97 bits per heavy atom. The van der Waals surface area contributed by atoms with Crippen LogP contribution in [0.25, 0.3) is 0 Å². The molecule has 0 aromatic carbocycles. The molecule has 3 N–H and O–H groups in total. The number of hydrogen-bond donors (Lipinski definition) is 3. The van der Waals surface area contributed by atoms with Gasteiger partial charge in [-0.2, -0.15) is 0 Å². The summed E-state index contributed by atoms with van der Waals surface area (Å²) >= 11 is 1.66. The van der Waals surface area contributed by atoms with Crippen molar-refractivity contribution in [3.05, 3.63) is 27.7 Å². The van der Waals surface area contributed by atoms with Crippen LogP contribution in [0.5, 0.6) is 0 Å². The van der Waals surface area contributed by atoms with Crippen molar-refractivity contribution in [1.82, 2.24) is 4.98 Å². The summed E-state index contributed by atoms with van der Waals surface area (Å²) in [7, 11) is 0. The molecule has 2 saturated heterocycles. The summed E-state index contributed by atoms with van der Waals surface area (Å²) in [5, 5.41) is 35.7. The lowest BCUT2D eigenvalue weighted by Crippen LogP contribution is -2.85. The summed E-state index contributed by atoms with van der Waals surface area (Å²) in [4.78, 5) is 19.7. The number of Topliss-reactive ketones (excluding diaryl/α,β-unsaturated/α-hetero) is 1. The molecule has 156 valence electrons. The van der Waals surface area contributed by atoms with Crippen molar-refractivity contribution in [2.45, 2.75) is 63.4 Å². The topological polar surface area (TPSA) is 99.9 Å². The molecule has 6 nitrogen and oxygen atoms in total. The zero-order valence-electron chi connectivity index (χ0n) is 16.9. The molecule has 0 radical (unpaired) electrons. The fourth-order valence-corrected chi connectivity index (χ4v) is 9.48. The van der Waals surface area contributed by atoms with E-state index in [1.54, 1.807) is 11.3 Å². The lowest BCUT2D eigenvalue weighted by molar-refractivity contribution is -0.429. The Balaban J connectivity index is 1.71. The van der Waals surface area contributed by atoms with Crippen LogP contribution in [0.2, 0.25) is 0 Å². The number of carbonyl (C=O) groups is 1. The van der Waals surface area contributed by atoms with Crippen molar-refractivity contribution in [3.8, 4) is 0 Å². The Kier molecular flexibility index (Phi) is 3.23. The Labute approximate surface area is 173 Å². The maximum absolute atomic E-state index is 13.6. The minimum absolute atomic E-state index is 0.203. The van der Waals surface area contributed by atoms with Gasteiger partial charge in [-0.25, -0.2) is 4.98 Å². The molecule has 6 aliphatic rings. The van der Waals surface area contributed by atoms with Gasteiger partial charge in [-0.15, -0.1) is 11.3 Å². The molecule has 4 bridgehead atoms. The molecule has 2 spiro atoms. The van der Waals surface area contributed by atoms with Gasteiger partial charge in [-0.3, -0.25) is 4.79 Å². The van der Waals surface area contributed by atoms with E-state index in [0.717, 1.165) is 17.1 Å². The molecule has 0 amide bonds. The van der Waals surface area contributed by atoms with E-state index in [1.165, 1.54) is 4.88 Å². The first-order valence-corrected chi connectivity index (χ1v) is 11.3. The Morgan fingerprint density at radius 1 is 1.24 bits per heavy atom. The van der Waals surface area contributed by atoms with E-state index in [4.69, 9.17) is 9.72 Å². The van der Waals surface area contributed by atoms with Gasteiger partial charge in [0.2, 0.25) is 5.79 Å². The fourth-order valence-electron chi connectivity index (χ4n) is 8.21. The molecule has 4 aliphatic carbocycles. The number of aliphatic hydroxyl groups is 3. The lowest BCUT2D eigenvalue weighted by atomic mass is 9.36. The minimum Gasteiger partial charge on any atom is -0.391 e. The molecule has 29 heavy (non-hydrogen) atoms. The third-order valence-electron chi connectivity index (χ3n) is 9.00. The smallest absolute Gasteiger partial charge is 0.208 e. The highest BCUT2D eigenvalue weighted by Gasteiger charge is 2.86. The van der Waals surface area contributed by atoms with Gasteiger partial charge in [0.15, 0.2) is 5.78 Å². The van der Waals surface area contributed by atoms with Crippen molar-refractivity contribution < 1.29 is 24.9 Å². The number of aromatic nitrogens is 1. The number of aryl methyl sites for hydroxylation is 1. The van der Waals surface area contributed by atoms with Crippen LogP contribution < -0.4 is 0 Å². The third-order valence-corrected chi connectivity index (χ3v) is 9.97. The van der Waals surface area contributed by atoms with Crippen molar-refractivity contribution in [2.24, 2.45) is 28.6 Å². The van der Waals surface area contributed by atoms with E-state index in [9.17, 15) is 20.1 Å². The van der Waals surface area contributed by atoms with Gasteiger partial charge in [0, 0.05) is 22.1 Å². The van der Waals surface area contributed by atoms with Gasteiger partial charge in [-0.1, -0.05) is 20.4 Å². The monoisotopic (exact) mass is 417 g/mol. The Bertz CT molecular complexity index is 986. The van der Waals surface area contributed by atoms with Crippen LogP contribution in [0.3, 0.4) is 0 Å². The number of nitrogens with zero attached hydrogens (tertiary/aromatic N) is 1. The molecule has 3 unspecified atom stereocenters.